The number of methoxy groups -OCH3 is 1. The summed E-state index contributed by atoms with van der Waals surface area (Å²) >= 11 is 0. The van der Waals surface area contributed by atoms with Crippen LogP contribution in [0.1, 0.15) is 24.1 Å². The Bertz CT molecular complexity index is 743. The van der Waals surface area contributed by atoms with E-state index in [0.29, 0.717) is 12.5 Å². The number of benzene rings is 1. The van der Waals surface area contributed by atoms with Crippen molar-refractivity contribution in [2.75, 3.05) is 32.1 Å². The zero-order chi connectivity index (χ0) is 17.9. The van der Waals surface area contributed by atoms with Crippen LogP contribution in [0, 0.1) is 19.3 Å². The van der Waals surface area contributed by atoms with Crippen molar-refractivity contribution in [3.8, 4) is 11.5 Å². The van der Waals surface area contributed by atoms with Crippen molar-refractivity contribution >= 4 is 11.6 Å². The summed E-state index contributed by atoms with van der Waals surface area (Å²) in [6.07, 6.45) is 3.16. The van der Waals surface area contributed by atoms with Gasteiger partial charge in [-0.05, 0) is 57.5 Å². The van der Waals surface area contributed by atoms with E-state index in [0.717, 1.165) is 48.4 Å². The molecular formula is C19H25N3O3. The first-order chi connectivity index (χ1) is 12.0. The van der Waals surface area contributed by atoms with Gasteiger partial charge in [0.05, 0.1) is 17.7 Å². The lowest BCUT2D eigenvalue weighted by Crippen LogP contribution is -2.47. The number of carbonyl (C=O) groups excluding carboxylic acids is 1. The lowest BCUT2D eigenvalue weighted by atomic mass is 9.78. The van der Waals surface area contributed by atoms with Gasteiger partial charge < -0.3 is 19.8 Å². The SMILES string of the molecule is COCC1(C(=O)Nc2ccc(C)c(-c3nc(C)co3)c2)CCNCC1. The maximum absolute atomic E-state index is 13.0. The summed E-state index contributed by atoms with van der Waals surface area (Å²) in [7, 11) is 1.64. The first-order valence-corrected chi connectivity index (χ1v) is 8.58. The van der Waals surface area contributed by atoms with E-state index in [1.807, 2.05) is 32.0 Å². The van der Waals surface area contributed by atoms with E-state index in [2.05, 4.69) is 15.6 Å². The van der Waals surface area contributed by atoms with Crippen molar-refractivity contribution in [1.29, 1.82) is 0 Å². The molecule has 2 aromatic rings. The molecule has 6 heteroatoms. The van der Waals surface area contributed by atoms with E-state index in [-0.39, 0.29) is 5.91 Å². The van der Waals surface area contributed by atoms with Crippen LogP contribution in [-0.4, -0.2) is 37.7 Å². The highest BCUT2D eigenvalue weighted by molar-refractivity contribution is 5.96. The normalized spacial score (nSPS) is 16.6. The molecule has 25 heavy (non-hydrogen) atoms. The number of amides is 1. The Morgan fingerprint density at radius 1 is 1.36 bits per heavy atom. The standard InChI is InChI=1S/C19H25N3O3/c1-13-4-5-15(10-16(13)17-21-14(2)11-25-17)22-18(23)19(12-24-3)6-8-20-9-7-19/h4-5,10-11,20H,6-9,12H2,1-3H3,(H,22,23). The third-order valence-corrected chi connectivity index (χ3v) is 4.81. The molecule has 1 fully saturated rings. The Labute approximate surface area is 148 Å². The monoisotopic (exact) mass is 343 g/mol. The molecular weight excluding hydrogens is 318 g/mol. The number of rotatable bonds is 5. The summed E-state index contributed by atoms with van der Waals surface area (Å²) in [5.74, 6) is 0.578. The zero-order valence-corrected chi connectivity index (χ0v) is 15.0. The fourth-order valence-electron chi connectivity index (χ4n) is 3.29. The summed E-state index contributed by atoms with van der Waals surface area (Å²) in [6, 6.07) is 5.80. The molecule has 2 N–H and O–H groups in total. The van der Waals surface area contributed by atoms with Crippen molar-refractivity contribution in [1.82, 2.24) is 10.3 Å². The van der Waals surface area contributed by atoms with E-state index < -0.39 is 5.41 Å². The van der Waals surface area contributed by atoms with E-state index in [1.165, 1.54) is 0 Å². The number of ether oxygens (including phenoxy) is 1. The second-order valence-corrected chi connectivity index (χ2v) is 6.74. The predicted octanol–water partition coefficient (Wildman–Crippen LogP) is 2.91. The van der Waals surface area contributed by atoms with Crippen molar-refractivity contribution in [3.63, 3.8) is 0 Å². The molecule has 2 heterocycles. The molecule has 1 aliphatic rings. The molecule has 0 unspecified atom stereocenters. The molecule has 1 saturated heterocycles. The summed E-state index contributed by atoms with van der Waals surface area (Å²) in [4.78, 5) is 17.3. The molecule has 1 amide bonds. The lowest BCUT2D eigenvalue weighted by Gasteiger charge is -2.35. The minimum atomic E-state index is -0.482. The van der Waals surface area contributed by atoms with E-state index in [9.17, 15) is 4.79 Å². The fraction of sp³-hybridized carbons (Fsp3) is 0.474. The number of nitrogens with zero attached hydrogens (tertiary/aromatic N) is 1. The smallest absolute Gasteiger partial charge is 0.233 e. The molecule has 0 saturated carbocycles. The molecule has 1 aliphatic heterocycles. The Hall–Kier alpha value is -2.18. The second-order valence-electron chi connectivity index (χ2n) is 6.74. The van der Waals surface area contributed by atoms with Gasteiger partial charge in [-0.3, -0.25) is 4.79 Å². The quantitative estimate of drug-likeness (QED) is 0.873. The summed E-state index contributed by atoms with van der Waals surface area (Å²) < 4.78 is 10.9. The number of nitrogens with one attached hydrogen (secondary N) is 2. The number of hydrogen-bond acceptors (Lipinski definition) is 5. The van der Waals surface area contributed by atoms with Crippen LogP contribution in [0.2, 0.25) is 0 Å². The number of anilines is 1. The van der Waals surface area contributed by atoms with Gasteiger partial charge >= 0.3 is 0 Å². The van der Waals surface area contributed by atoms with Gasteiger partial charge in [-0.15, -0.1) is 0 Å². The second kappa shape index (κ2) is 7.37. The maximum atomic E-state index is 13.0. The van der Waals surface area contributed by atoms with Gasteiger partial charge in [-0.2, -0.15) is 0 Å². The van der Waals surface area contributed by atoms with E-state index in [1.54, 1.807) is 13.4 Å². The Morgan fingerprint density at radius 3 is 2.76 bits per heavy atom. The molecule has 0 spiro atoms. The number of piperidine rings is 1. The van der Waals surface area contributed by atoms with Crippen LogP contribution in [0.3, 0.4) is 0 Å². The summed E-state index contributed by atoms with van der Waals surface area (Å²) in [5, 5.41) is 6.37. The van der Waals surface area contributed by atoms with E-state index >= 15 is 0 Å². The van der Waals surface area contributed by atoms with Gasteiger partial charge in [0.25, 0.3) is 0 Å². The van der Waals surface area contributed by atoms with Gasteiger partial charge in [0.1, 0.15) is 6.26 Å². The lowest BCUT2D eigenvalue weighted by molar-refractivity contribution is -0.130. The van der Waals surface area contributed by atoms with Crippen LogP contribution >= 0.6 is 0 Å². The van der Waals surface area contributed by atoms with Crippen LogP contribution in [-0.2, 0) is 9.53 Å². The van der Waals surface area contributed by atoms with E-state index in [4.69, 9.17) is 9.15 Å². The van der Waals surface area contributed by atoms with Gasteiger partial charge in [0, 0.05) is 18.4 Å². The first kappa shape index (κ1) is 17.6. The van der Waals surface area contributed by atoms with Crippen LogP contribution < -0.4 is 10.6 Å². The summed E-state index contributed by atoms with van der Waals surface area (Å²) in [5.41, 5.74) is 3.03. The highest BCUT2D eigenvalue weighted by atomic mass is 16.5. The Balaban J connectivity index is 1.83. The van der Waals surface area contributed by atoms with Crippen molar-refractivity contribution in [2.45, 2.75) is 26.7 Å². The minimum absolute atomic E-state index is 0.00855. The number of aryl methyl sites for hydroxylation is 2. The van der Waals surface area contributed by atoms with Crippen LogP contribution in [0.15, 0.2) is 28.9 Å². The van der Waals surface area contributed by atoms with Crippen molar-refractivity contribution < 1.29 is 13.9 Å². The fourth-order valence-corrected chi connectivity index (χ4v) is 3.29. The topological polar surface area (TPSA) is 76.4 Å². The average molecular weight is 343 g/mol. The van der Waals surface area contributed by atoms with Gasteiger partial charge in [0.2, 0.25) is 11.8 Å². The van der Waals surface area contributed by atoms with Crippen LogP contribution in [0.5, 0.6) is 0 Å². The van der Waals surface area contributed by atoms with Crippen molar-refractivity contribution in [2.24, 2.45) is 5.41 Å². The highest BCUT2D eigenvalue weighted by Crippen LogP contribution is 2.32. The van der Waals surface area contributed by atoms with Crippen LogP contribution in [0.25, 0.3) is 11.5 Å². The molecule has 0 aliphatic carbocycles. The number of aromatic nitrogens is 1. The third-order valence-electron chi connectivity index (χ3n) is 4.81. The molecule has 0 bridgehead atoms. The molecule has 6 nitrogen and oxygen atoms in total. The minimum Gasteiger partial charge on any atom is -0.444 e. The van der Waals surface area contributed by atoms with Gasteiger partial charge in [0.15, 0.2) is 0 Å². The van der Waals surface area contributed by atoms with Crippen LogP contribution in [0.4, 0.5) is 5.69 Å². The number of oxazole rings is 1. The summed E-state index contributed by atoms with van der Waals surface area (Å²) in [6.45, 7) is 5.97. The van der Waals surface area contributed by atoms with Gasteiger partial charge in [-0.25, -0.2) is 4.98 Å². The largest absolute Gasteiger partial charge is 0.444 e. The highest BCUT2D eigenvalue weighted by Gasteiger charge is 2.39. The first-order valence-electron chi connectivity index (χ1n) is 8.58. The maximum Gasteiger partial charge on any atom is 0.233 e. The predicted molar refractivity (Wildman–Crippen MR) is 96.5 cm³/mol. The number of hydrogen-bond donors (Lipinski definition) is 2. The third kappa shape index (κ3) is 3.75. The zero-order valence-electron chi connectivity index (χ0n) is 15.0. The molecule has 134 valence electrons. The Morgan fingerprint density at radius 2 is 2.12 bits per heavy atom. The molecule has 1 aromatic heterocycles. The van der Waals surface area contributed by atoms with Gasteiger partial charge in [-0.1, -0.05) is 6.07 Å². The molecule has 3 rings (SSSR count). The number of carbonyl (C=O) groups is 1. The molecule has 0 radical (unpaired) electrons. The van der Waals surface area contributed by atoms with Crippen molar-refractivity contribution in [3.05, 3.63) is 35.7 Å². The Kier molecular flexibility index (Phi) is 5.20. The molecule has 0 atom stereocenters. The molecule has 1 aromatic carbocycles. The average Bonchev–Trinajstić information content (AvgIpc) is 3.04.